The Morgan fingerprint density at radius 2 is 2.23 bits per heavy atom. The topological polar surface area (TPSA) is 66.5 Å². The highest BCUT2D eigenvalue weighted by Crippen LogP contribution is 2.25. The molecule has 1 aliphatic rings. The molecule has 2 amide bonds. The lowest BCUT2D eigenvalue weighted by atomic mass is 10.1. The fraction of sp³-hybridized carbons (Fsp3) is 0.474. The maximum atomic E-state index is 12.3. The molecular weight excluding hydrogens is 348 g/mol. The van der Waals surface area contributed by atoms with Crippen molar-refractivity contribution in [2.24, 2.45) is 0 Å². The van der Waals surface area contributed by atoms with E-state index in [2.05, 4.69) is 38.9 Å². The number of hydrogen-bond acceptors (Lipinski definition) is 5. The lowest BCUT2D eigenvalue weighted by Crippen LogP contribution is -2.45. The standard InChI is InChI=1S/C19H26N4O2S/c1-13(2)25-18-16(5-4-8-20-18)22-19(24)21-11-14(3)23-9-6-17-15(12-23)7-10-26-17/h4-5,7-8,10,13-14H,6,9,11-12H2,1-3H3,(H2,21,22,24). The summed E-state index contributed by atoms with van der Waals surface area (Å²) < 4.78 is 5.63. The van der Waals surface area contributed by atoms with Crippen LogP contribution in [-0.2, 0) is 13.0 Å². The van der Waals surface area contributed by atoms with Gasteiger partial charge in [-0.3, -0.25) is 4.90 Å². The maximum absolute atomic E-state index is 12.3. The first-order valence-corrected chi connectivity index (χ1v) is 9.86. The molecule has 1 unspecified atom stereocenters. The number of carbonyl (C=O) groups excluding carboxylic acids is 1. The number of amides is 2. The summed E-state index contributed by atoms with van der Waals surface area (Å²) in [5.74, 6) is 0.437. The van der Waals surface area contributed by atoms with Crippen LogP contribution in [0.3, 0.4) is 0 Å². The molecule has 1 aliphatic heterocycles. The van der Waals surface area contributed by atoms with Gasteiger partial charge in [0.2, 0.25) is 5.88 Å². The Kier molecular flexibility index (Phi) is 6.11. The molecule has 2 N–H and O–H groups in total. The van der Waals surface area contributed by atoms with Gasteiger partial charge in [-0.1, -0.05) is 0 Å². The summed E-state index contributed by atoms with van der Waals surface area (Å²) in [5, 5.41) is 7.95. The van der Waals surface area contributed by atoms with E-state index in [0.29, 0.717) is 18.1 Å². The number of nitrogens with one attached hydrogen (secondary N) is 2. The molecule has 0 fully saturated rings. The number of carbonyl (C=O) groups is 1. The minimum Gasteiger partial charge on any atom is -0.473 e. The Bertz CT molecular complexity index is 747. The van der Waals surface area contributed by atoms with Crippen molar-refractivity contribution in [3.05, 3.63) is 40.2 Å². The minimum atomic E-state index is -0.244. The number of rotatable bonds is 6. The van der Waals surface area contributed by atoms with Crippen molar-refractivity contribution in [1.82, 2.24) is 15.2 Å². The Labute approximate surface area is 158 Å². The normalized spacial score (nSPS) is 15.4. The number of hydrogen-bond donors (Lipinski definition) is 2. The quantitative estimate of drug-likeness (QED) is 0.812. The second kappa shape index (κ2) is 8.51. The van der Waals surface area contributed by atoms with Crippen LogP contribution in [-0.4, -0.2) is 41.2 Å². The Balaban J connectivity index is 1.50. The van der Waals surface area contributed by atoms with Crippen LogP contribution < -0.4 is 15.4 Å². The molecule has 2 aromatic rings. The molecule has 26 heavy (non-hydrogen) atoms. The number of fused-ring (bicyclic) bond motifs is 1. The summed E-state index contributed by atoms with van der Waals surface area (Å²) in [6.45, 7) is 8.58. The van der Waals surface area contributed by atoms with Crippen LogP contribution in [0.4, 0.5) is 10.5 Å². The van der Waals surface area contributed by atoms with Crippen molar-refractivity contribution in [3.8, 4) is 5.88 Å². The summed E-state index contributed by atoms with van der Waals surface area (Å²) in [6.07, 6.45) is 2.74. The maximum Gasteiger partial charge on any atom is 0.319 e. The average molecular weight is 375 g/mol. The van der Waals surface area contributed by atoms with Crippen molar-refractivity contribution < 1.29 is 9.53 Å². The molecule has 140 valence electrons. The van der Waals surface area contributed by atoms with Gasteiger partial charge in [0.15, 0.2) is 0 Å². The predicted octanol–water partition coefficient (Wildman–Crippen LogP) is 3.50. The third-order valence-corrected chi connectivity index (χ3v) is 5.41. The van der Waals surface area contributed by atoms with Crippen molar-refractivity contribution in [1.29, 1.82) is 0 Å². The number of nitrogens with zero attached hydrogens (tertiary/aromatic N) is 2. The first-order chi connectivity index (χ1) is 12.5. The van der Waals surface area contributed by atoms with E-state index in [4.69, 9.17) is 4.74 Å². The van der Waals surface area contributed by atoms with E-state index in [9.17, 15) is 4.79 Å². The highest BCUT2D eigenvalue weighted by atomic mass is 32.1. The van der Waals surface area contributed by atoms with E-state index in [0.717, 1.165) is 19.5 Å². The van der Waals surface area contributed by atoms with Crippen LogP contribution in [0.2, 0.25) is 0 Å². The second-order valence-electron chi connectivity index (χ2n) is 6.80. The first-order valence-electron chi connectivity index (χ1n) is 8.98. The average Bonchev–Trinajstić information content (AvgIpc) is 3.08. The molecule has 7 heteroatoms. The second-order valence-corrected chi connectivity index (χ2v) is 7.80. The Hall–Kier alpha value is -2.12. The number of ether oxygens (including phenoxy) is 1. The van der Waals surface area contributed by atoms with Crippen LogP contribution in [0.5, 0.6) is 5.88 Å². The monoisotopic (exact) mass is 374 g/mol. The molecular formula is C19H26N4O2S. The van der Waals surface area contributed by atoms with Gasteiger partial charge in [-0.2, -0.15) is 0 Å². The lowest BCUT2D eigenvalue weighted by Gasteiger charge is -2.32. The van der Waals surface area contributed by atoms with Crippen molar-refractivity contribution in [3.63, 3.8) is 0 Å². The third kappa shape index (κ3) is 4.74. The fourth-order valence-corrected chi connectivity index (χ4v) is 3.88. The molecule has 0 spiro atoms. The number of urea groups is 1. The van der Waals surface area contributed by atoms with Crippen molar-refractivity contribution >= 4 is 23.1 Å². The van der Waals surface area contributed by atoms with Gasteiger partial charge >= 0.3 is 6.03 Å². The van der Waals surface area contributed by atoms with E-state index in [1.54, 1.807) is 18.3 Å². The molecule has 3 heterocycles. The fourth-order valence-electron chi connectivity index (χ4n) is 2.99. The molecule has 6 nitrogen and oxygen atoms in total. The zero-order valence-electron chi connectivity index (χ0n) is 15.5. The largest absolute Gasteiger partial charge is 0.473 e. The van der Waals surface area contributed by atoms with Gasteiger partial charge in [-0.15, -0.1) is 11.3 Å². The molecule has 0 saturated carbocycles. The zero-order chi connectivity index (χ0) is 18.5. The first kappa shape index (κ1) is 18.7. The Morgan fingerprint density at radius 1 is 1.38 bits per heavy atom. The van der Waals surface area contributed by atoms with E-state index >= 15 is 0 Å². The van der Waals surface area contributed by atoms with E-state index in [1.165, 1.54) is 10.4 Å². The number of aromatic nitrogens is 1. The lowest BCUT2D eigenvalue weighted by molar-refractivity contribution is 0.188. The molecule has 0 saturated heterocycles. The Morgan fingerprint density at radius 3 is 3.04 bits per heavy atom. The summed E-state index contributed by atoms with van der Waals surface area (Å²) in [7, 11) is 0. The third-order valence-electron chi connectivity index (χ3n) is 4.39. The van der Waals surface area contributed by atoms with E-state index in [1.807, 2.05) is 25.2 Å². The molecule has 0 aliphatic carbocycles. The van der Waals surface area contributed by atoms with E-state index < -0.39 is 0 Å². The van der Waals surface area contributed by atoms with Gasteiger partial charge in [-0.25, -0.2) is 9.78 Å². The predicted molar refractivity (Wildman–Crippen MR) is 105 cm³/mol. The smallest absolute Gasteiger partial charge is 0.319 e. The van der Waals surface area contributed by atoms with Crippen LogP contribution >= 0.6 is 11.3 Å². The van der Waals surface area contributed by atoms with Crippen molar-refractivity contribution in [2.75, 3.05) is 18.4 Å². The van der Waals surface area contributed by atoms with E-state index in [-0.39, 0.29) is 18.2 Å². The molecule has 1 atom stereocenters. The number of thiophene rings is 1. The highest BCUT2D eigenvalue weighted by Gasteiger charge is 2.21. The zero-order valence-corrected chi connectivity index (χ0v) is 16.3. The summed E-state index contributed by atoms with van der Waals surface area (Å²) in [4.78, 5) is 20.4. The van der Waals surface area contributed by atoms with Crippen LogP contribution in [0.1, 0.15) is 31.2 Å². The SMILES string of the molecule is CC(C)Oc1ncccc1NC(=O)NCC(C)N1CCc2sccc2C1. The van der Waals surface area contributed by atoms with Crippen LogP contribution in [0.25, 0.3) is 0 Å². The molecule has 0 radical (unpaired) electrons. The molecule has 2 aromatic heterocycles. The van der Waals surface area contributed by atoms with Gasteiger partial charge in [0.25, 0.3) is 0 Å². The van der Waals surface area contributed by atoms with Gasteiger partial charge in [0.05, 0.1) is 6.10 Å². The minimum absolute atomic E-state index is 0.00497. The summed E-state index contributed by atoms with van der Waals surface area (Å²) in [6, 6.07) is 5.80. The molecule has 3 rings (SSSR count). The van der Waals surface area contributed by atoms with Gasteiger partial charge < -0.3 is 15.4 Å². The number of anilines is 1. The van der Waals surface area contributed by atoms with Crippen LogP contribution in [0.15, 0.2) is 29.8 Å². The van der Waals surface area contributed by atoms with Gasteiger partial charge in [-0.05, 0) is 56.3 Å². The van der Waals surface area contributed by atoms with Crippen LogP contribution in [0, 0.1) is 0 Å². The van der Waals surface area contributed by atoms with Crippen molar-refractivity contribution in [2.45, 2.75) is 45.9 Å². The summed E-state index contributed by atoms with van der Waals surface area (Å²) in [5.41, 5.74) is 2.00. The van der Waals surface area contributed by atoms with Gasteiger partial charge in [0, 0.05) is 36.8 Å². The summed E-state index contributed by atoms with van der Waals surface area (Å²) >= 11 is 1.84. The number of pyridine rings is 1. The highest BCUT2D eigenvalue weighted by molar-refractivity contribution is 7.10. The molecule has 0 bridgehead atoms. The van der Waals surface area contributed by atoms with Gasteiger partial charge in [0.1, 0.15) is 5.69 Å². The molecule has 0 aromatic carbocycles.